The van der Waals surface area contributed by atoms with E-state index in [0.29, 0.717) is 11.6 Å². The SMILES string of the molecule is O=C(c1cccn1C(=O)/C=C/C1CCCCC1)N1CCCC1. The minimum atomic E-state index is -0.113. The molecular formula is C18H24N2O2. The van der Waals surface area contributed by atoms with Crippen molar-refractivity contribution >= 4 is 11.8 Å². The second kappa shape index (κ2) is 6.95. The van der Waals surface area contributed by atoms with Gasteiger partial charge in [0.15, 0.2) is 0 Å². The minimum Gasteiger partial charge on any atom is -0.337 e. The number of rotatable bonds is 3. The molecule has 1 saturated carbocycles. The third-order valence-corrected chi connectivity index (χ3v) is 4.76. The van der Waals surface area contributed by atoms with Gasteiger partial charge in [0.1, 0.15) is 5.69 Å². The Morgan fingerprint density at radius 3 is 2.50 bits per heavy atom. The molecule has 118 valence electrons. The van der Waals surface area contributed by atoms with Crippen LogP contribution in [-0.2, 0) is 0 Å². The lowest BCUT2D eigenvalue weighted by molar-refractivity contribution is 0.0770. The molecule has 0 bridgehead atoms. The average Bonchev–Trinajstić information content (AvgIpc) is 3.24. The summed E-state index contributed by atoms with van der Waals surface area (Å²) in [5.41, 5.74) is 0.486. The Hall–Kier alpha value is -1.84. The van der Waals surface area contributed by atoms with Crippen LogP contribution in [0, 0.1) is 5.92 Å². The standard InChI is InChI=1S/C18H24N2O2/c21-17(11-10-15-7-2-1-3-8-15)20-14-6-9-16(20)18(22)19-12-4-5-13-19/h6,9-11,14-15H,1-5,7-8,12-13H2/b11-10+. The number of hydrogen-bond donors (Lipinski definition) is 0. The van der Waals surface area contributed by atoms with E-state index in [1.807, 2.05) is 11.0 Å². The van der Waals surface area contributed by atoms with Crippen molar-refractivity contribution in [3.63, 3.8) is 0 Å². The van der Waals surface area contributed by atoms with Crippen molar-refractivity contribution in [2.45, 2.75) is 44.9 Å². The largest absolute Gasteiger partial charge is 0.337 e. The maximum Gasteiger partial charge on any atom is 0.270 e. The molecule has 4 heteroatoms. The lowest BCUT2D eigenvalue weighted by Crippen LogP contribution is -2.30. The summed E-state index contributed by atoms with van der Waals surface area (Å²) in [5.74, 6) is 0.381. The van der Waals surface area contributed by atoms with Gasteiger partial charge in [-0.05, 0) is 43.7 Å². The first-order valence-corrected chi connectivity index (χ1v) is 8.45. The molecule has 1 amide bonds. The summed E-state index contributed by atoms with van der Waals surface area (Å²) in [5, 5.41) is 0. The van der Waals surface area contributed by atoms with Crippen molar-refractivity contribution < 1.29 is 9.59 Å². The summed E-state index contributed by atoms with van der Waals surface area (Å²) in [6, 6.07) is 3.52. The van der Waals surface area contributed by atoms with Crippen LogP contribution in [-0.4, -0.2) is 34.4 Å². The van der Waals surface area contributed by atoms with Gasteiger partial charge in [-0.3, -0.25) is 14.2 Å². The summed E-state index contributed by atoms with van der Waals surface area (Å²) >= 11 is 0. The van der Waals surface area contributed by atoms with Gasteiger partial charge in [0, 0.05) is 25.4 Å². The Balaban J connectivity index is 1.69. The second-order valence-electron chi connectivity index (χ2n) is 6.36. The molecule has 1 aromatic rings. The zero-order valence-corrected chi connectivity index (χ0v) is 13.0. The Morgan fingerprint density at radius 2 is 1.77 bits per heavy atom. The van der Waals surface area contributed by atoms with Gasteiger partial charge in [0.2, 0.25) is 0 Å². The molecule has 1 aromatic heterocycles. The van der Waals surface area contributed by atoms with E-state index in [1.165, 1.54) is 36.7 Å². The van der Waals surface area contributed by atoms with Crippen LogP contribution in [0.25, 0.3) is 0 Å². The fourth-order valence-electron chi connectivity index (χ4n) is 3.45. The van der Waals surface area contributed by atoms with Gasteiger partial charge < -0.3 is 4.90 Å². The molecule has 2 heterocycles. The Morgan fingerprint density at radius 1 is 1.05 bits per heavy atom. The molecular weight excluding hydrogens is 276 g/mol. The second-order valence-corrected chi connectivity index (χ2v) is 6.36. The van der Waals surface area contributed by atoms with E-state index >= 15 is 0 Å². The van der Waals surface area contributed by atoms with Gasteiger partial charge in [-0.15, -0.1) is 0 Å². The summed E-state index contributed by atoms with van der Waals surface area (Å²) in [7, 11) is 0. The van der Waals surface area contributed by atoms with Crippen LogP contribution in [0.15, 0.2) is 30.5 Å². The molecule has 0 aromatic carbocycles. The van der Waals surface area contributed by atoms with Crippen molar-refractivity contribution in [1.82, 2.24) is 9.47 Å². The summed E-state index contributed by atoms with van der Waals surface area (Å²) in [6.07, 6.45) is 13.7. The number of hydrogen-bond acceptors (Lipinski definition) is 2. The molecule has 2 fully saturated rings. The van der Waals surface area contributed by atoms with E-state index in [1.54, 1.807) is 24.4 Å². The quantitative estimate of drug-likeness (QED) is 0.802. The van der Waals surface area contributed by atoms with Crippen molar-refractivity contribution in [2.75, 3.05) is 13.1 Å². The lowest BCUT2D eigenvalue weighted by atomic mass is 9.89. The summed E-state index contributed by atoms with van der Waals surface area (Å²) < 4.78 is 1.49. The number of amides is 1. The highest BCUT2D eigenvalue weighted by Crippen LogP contribution is 2.24. The molecule has 1 saturated heterocycles. The van der Waals surface area contributed by atoms with Crippen LogP contribution in [0.4, 0.5) is 0 Å². The molecule has 0 unspecified atom stereocenters. The van der Waals surface area contributed by atoms with Crippen molar-refractivity contribution in [3.8, 4) is 0 Å². The maximum absolute atomic E-state index is 12.5. The first-order chi connectivity index (χ1) is 10.8. The number of allylic oxidation sites excluding steroid dienone is 2. The van der Waals surface area contributed by atoms with Gasteiger partial charge in [0.05, 0.1) is 0 Å². The minimum absolute atomic E-state index is 0.0260. The van der Waals surface area contributed by atoms with Crippen LogP contribution in [0.1, 0.15) is 60.2 Å². The molecule has 0 radical (unpaired) electrons. The Bertz CT molecular complexity index is 561. The van der Waals surface area contributed by atoms with Crippen molar-refractivity contribution in [3.05, 3.63) is 36.2 Å². The van der Waals surface area contributed by atoms with E-state index in [9.17, 15) is 9.59 Å². The molecule has 3 rings (SSSR count). The summed E-state index contributed by atoms with van der Waals surface area (Å²) in [4.78, 5) is 26.7. The first-order valence-electron chi connectivity index (χ1n) is 8.45. The van der Waals surface area contributed by atoms with Crippen LogP contribution in [0.3, 0.4) is 0 Å². The van der Waals surface area contributed by atoms with Crippen molar-refractivity contribution in [1.29, 1.82) is 0 Å². The highest BCUT2D eigenvalue weighted by atomic mass is 16.2. The number of nitrogens with zero attached hydrogens (tertiary/aromatic N) is 2. The molecule has 0 spiro atoms. The first kappa shape index (κ1) is 15.1. The molecule has 2 aliphatic rings. The zero-order valence-electron chi connectivity index (χ0n) is 13.0. The molecule has 1 aliphatic carbocycles. The van der Waals surface area contributed by atoms with Gasteiger partial charge in [-0.2, -0.15) is 0 Å². The van der Waals surface area contributed by atoms with E-state index < -0.39 is 0 Å². The third kappa shape index (κ3) is 3.32. The number of carbonyl (C=O) groups excluding carboxylic acids is 2. The smallest absolute Gasteiger partial charge is 0.270 e. The zero-order chi connectivity index (χ0) is 15.4. The number of carbonyl (C=O) groups is 2. The fourth-order valence-corrected chi connectivity index (χ4v) is 3.45. The van der Waals surface area contributed by atoms with Gasteiger partial charge >= 0.3 is 0 Å². The molecule has 0 atom stereocenters. The number of aromatic nitrogens is 1. The topological polar surface area (TPSA) is 42.3 Å². The Labute approximate surface area is 131 Å². The number of likely N-dealkylation sites (tertiary alicyclic amines) is 1. The van der Waals surface area contributed by atoms with Crippen LogP contribution in [0.2, 0.25) is 0 Å². The highest BCUT2D eigenvalue weighted by Gasteiger charge is 2.23. The highest BCUT2D eigenvalue weighted by molar-refractivity contribution is 6.00. The normalized spacial score (nSPS) is 19.9. The molecule has 0 N–H and O–H groups in total. The summed E-state index contributed by atoms with van der Waals surface area (Å²) in [6.45, 7) is 1.60. The third-order valence-electron chi connectivity index (χ3n) is 4.76. The van der Waals surface area contributed by atoms with Crippen molar-refractivity contribution in [2.24, 2.45) is 5.92 Å². The van der Waals surface area contributed by atoms with Crippen LogP contribution < -0.4 is 0 Å². The van der Waals surface area contributed by atoms with E-state index in [-0.39, 0.29) is 11.8 Å². The van der Waals surface area contributed by atoms with E-state index in [4.69, 9.17) is 0 Å². The lowest BCUT2D eigenvalue weighted by Gasteiger charge is -2.18. The molecule has 22 heavy (non-hydrogen) atoms. The molecule has 4 nitrogen and oxygen atoms in total. The average molecular weight is 300 g/mol. The maximum atomic E-state index is 12.5. The van der Waals surface area contributed by atoms with Gasteiger partial charge in [-0.25, -0.2) is 0 Å². The Kier molecular flexibility index (Phi) is 4.76. The van der Waals surface area contributed by atoms with Gasteiger partial charge in [-0.1, -0.05) is 25.3 Å². The van der Waals surface area contributed by atoms with E-state index in [2.05, 4.69) is 0 Å². The predicted molar refractivity (Wildman–Crippen MR) is 85.9 cm³/mol. The predicted octanol–water partition coefficient (Wildman–Crippen LogP) is 3.50. The van der Waals surface area contributed by atoms with E-state index in [0.717, 1.165) is 25.9 Å². The monoisotopic (exact) mass is 300 g/mol. The van der Waals surface area contributed by atoms with Crippen LogP contribution >= 0.6 is 0 Å². The fraction of sp³-hybridized carbons (Fsp3) is 0.556. The van der Waals surface area contributed by atoms with Crippen LogP contribution in [0.5, 0.6) is 0 Å². The van der Waals surface area contributed by atoms with Gasteiger partial charge in [0.25, 0.3) is 11.8 Å². The molecule has 1 aliphatic heterocycles.